The van der Waals surface area contributed by atoms with Crippen molar-refractivity contribution in [2.75, 3.05) is 20.1 Å². The molecule has 3 N–H and O–H groups in total. The fourth-order valence-corrected chi connectivity index (χ4v) is 4.53. The van der Waals surface area contributed by atoms with E-state index < -0.39 is 0 Å². The minimum absolute atomic E-state index is 0.195. The van der Waals surface area contributed by atoms with E-state index in [-0.39, 0.29) is 5.54 Å². The van der Waals surface area contributed by atoms with Crippen LogP contribution in [0.2, 0.25) is 0 Å². The molecular weight excluding hydrogens is 246 g/mol. The number of rotatable bonds is 6. The summed E-state index contributed by atoms with van der Waals surface area (Å²) in [6.07, 6.45) is 5.20. The van der Waals surface area contributed by atoms with Crippen LogP contribution in [-0.4, -0.2) is 42.7 Å². The molecule has 2 atom stereocenters. The van der Waals surface area contributed by atoms with E-state index in [1.807, 2.05) is 0 Å². The molecule has 0 aromatic carbocycles. The van der Waals surface area contributed by atoms with Gasteiger partial charge in [0.2, 0.25) is 0 Å². The van der Waals surface area contributed by atoms with Crippen molar-refractivity contribution >= 4 is 0 Å². The van der Waals surface area contributed by atoms with Crippen molar-refractivity contribution in [3.8, 4) is 0 Å². The maximum absolute atomic E-state index is 6.19. The maximum atomic E-state index is 6.19. The summed E-state index contributed by atoms with van der Waals surface area (Å²) in [6.45, 7) is 11.3. The molecule has 2 aliphatic heterocycles. The standard InChI is InChI=1S/C17H35N3/c1-12(2)16(13(3)4)10-19-17(11-18)8-14-6-7-15(9-17)20(14)5/h12-16,19H,6-11,18H2,1-5H3. The van der Waals surface area contributed by atoms with Gasteiger partial charge in [0.15, 0.2) is 0 Å². The Labute approximate surface area is 125 Å². The molecule has 0 spiro atoms. The van der Waals surface area contributed by atoms with Gasteiger partial charge >= 0.3 is 0 Å². The van der Waals surface area contributed by atoms with Crippen LogP contribution in [0.3, 0.4) is 0 Å². The average Bonchev–Trinajstić information content (AvgIpc) is 2.62. The predicted octanol–water partition coefficient (Wildman–Crippen LogP) is 2.46. The third kappa shape index (κ3) is 3.20. The number of nitrogens with one attached hydrogen (secondary N) is 1. The van der Waals surface area contributed by atoms with E-state index >= 15 is 0 Å². The highest BCUT2D eigenvalue weighted by atomic mass is 15.2. The van der Waals surface area contributed by atoms with Gasteiger partial charge in [0.25, 0.3) is 0 Å². The van der Waals surface area contributed by atoms with Crippen LogP contribution in [-0.2, 0) is 0 Å². The van der Waals surface area contributed by atoms with Crippen LogP contribution in [0, 0.1) is 17.8 Å². The lowest BCUT2D eigenvalue weighted by Gasteiger charge is -2.46. The van der Waals surface area contributed by atoms with Crippen LogP contribution in [0.4, 0.5) is 0 Å². The fraction of sp³-hybridized carbons (Fsp3) is 1.00. The quantitative estimate of drug-likeness (QED) is 0.786. The van der Waals surface area contributed by atoms with Crippen LogP contribution in [0.25, 0.3) is 0 Å². The molecule has 2 heterocycles. The zero-order valence-corrected chi connectivity index (χ0v) is 14.2. The SMILES string of the molecule is CC(C)C(CNC1(CN)CC2CCC(C1)N2C)C(C)C. The number of hydrogen-bond acceptors (Lipinski definition) is 3. The van der Waals surface area contributed by atoms with E-state index in [9.17, 15) is 0 Å². The van der Waals surface area contributed by atoms with Gasteiger partial charge < -0.3 is 16.0 Å². The summed E-state index contributed by atoms with van der Waals surface area (Å²) in [6, 6.07) is 1.50. The van der Waals surface area contributed by atoms with Gasteiger partial charge in [-0.05, 0) is 57.0 Å². The van der Waals surface area contributed by atoms with E-state index in [2.05, 4.69) is 45.0 Å². The highest BCUT2D eigenvalue weighted by molar-refractivity contribution is 5.05. The van der Waals surface area contributed by atoms with Crippen molar-refractivity contribution in [3.05, 3.63) is 0 Å². The van der Waals surface area contributed by atoms with E-state index in [4.69, 9.17) is 5.73 Å². The second-order valence-electron chi connectivity index (χ2n) is 7.98. The molecule has 2 rings (SSSR count). The summed E-state index contributed by atoms with van der Waals surface area (Å²) < 4.78 is 0. The number of hydrogen-bond donors (Lipinski definition) is 2. The van der Waals surface area contributed by atoms with E-state index in [0.29, 0.717) is 0 Å². The van der Waals surface area contributed by atoms with E-state index in [1.54, 1.807) is 0 Å². The van der Waals surface area contributed by atoms with Gasteiger partial charge in [0.1, 0.15) is 0 Å². The van der Waals surface area contributed by atoms with Crippen LogP contribution in [0.1, 0.15) is 53.4 Å². The van der Waals surface area contributed by atoms with Crippen molar-refractivity contribution in [2.45, 2.75) is 71.0 Å². The van der Waals surface area contributed by atoms with Crippen molar-refractivity contribution in [3.63, 3.8) is 0 Å². The molecular formula is C17H35N3. The predicted molar refractivity (Wildman–Crippen MR) is 86.8 cm³/mol. The third-order valence-electron chi connectivity index (χ3n) is 6.05. The number of nitrogens with two attached hydrogens (primary N) is 1. The molecule has 0 saturated carbocycles. The van der Waals surface area contributed by atoms with Crippen LogP contribution >= 0.6 is 0 Å². The Hall–Kier alpha value is -0.120. The summed E-state index contributed by atoms with van der Waals surface area (Å²) in [5, 5.41) is 3.92. The van der Waals surface area contributed by atoms with Gasteiger partial charge in [-0.25, -0.2) is 0 Å². The van der Waals surface area contributed by atoms with Crippen LogP contribution < -0.4 is 11.1 Å². The lowest BCUT2D eigenvalue weighted by Crippen LogP contribution is -2.61. The molecule has 2 aliphatic rings. The molecule has 0 aliphatic carbocycles. The minimum atomic E-state index is 0.195. The molecule has 0 aromatic rings. The van der Waals surface area contributed by atoms with Crippen molar-refractivity contribution in [1.29, 1.82) is 0 Å². The minimum Gasteiger partial charge on any atom is -0.329 e. The second kappa shape index (κ2) is 6.33. The molecule has 0 amide bonds. The molecule has 2 saturated heterocycles. The summed E-state index contributed by atoms with van der Waals surface area (Å²) in [5.41, 5.74) is 6.39. The lowest BCUT2D eigenvalue weighted by atomic mass is 9.80. The lowest BCUT2D eigenvalue weighted by molar-refractivity contribution is 0.0866. The molecule has 118 valence electrons. The molecule has 2 fully saturated rings. The first kappa shape index (κ1) is 16.3. The molecule has 3 nitrogen and oxygen atoms in total. The first-order chi connectivity index (χ1) is 9.38. The molecule has 20 heavy (non-hydrogen) atoms. The normalized spacial score (nSPS) is 34.6. The average molecular weight is 281 g/mol. The van der Waals surface area contributed by atoms with Gasteiger partial charge in [-0.3, -0.25) is 0 Å². The second-order valence-corrected chi connectivity index (χ2v) is 7.98. The molecule has 2 bridgehead atoms. The first-order valence-electron chi connectivity index (χ1n) is 8.55. The zero-order valence-electron chi connectivity index (χ0n) is 14.2. The van der Waals surface area contributed by atoms with Gasteiger partial charge in [0.05, 0.1) is 0 Å². The van der Waals surface area contributed by atoms with Crippen molar-refractivity contribution in [2.24, 2.45) is 23.5 Å². The van der Waals surface area contributed by atoms with Crippen LogP contribution in [0.5, 0.6) is 0 Å². The first-order valence-corrected chi connectivity index (χ1v) is 8.55. The number of nitrogens with zero attached hydrogens (tertiary/aromatic N) is 1. The Balaban J connectivity index is 1.99. The Morgan fingerprint density at radius 1 is 1.10 bits per heavy atom. The highest BCUT2D eigenvalue weighted by Gasteiger charge is 2.46. The van der Waals surface area contributed by atoms with Crippen molar-refractivity contribution in [1.82, 2.24) is 10.2 Å². The molecule has 0 aromatic heterocycles. The number of piperidine rings is 1. The fourth-order valence-electron chi connectivity index (χ4n) is 4.53. The van der Waals surface area contributed by atoms with E-state index in [1.165, 1.54) is 25.7 Å². The number of fused-ring (bicyclic) bond motifs is 2. The van der Waals surface area contributed by atoms with Gasteiger partial charge in [-0.1, -0.05) is 27.7 Å². The van der Waals surface area contributed by atoms with Crippen LogP contribution in [0.15, 0.2) is 0 Å². The summed E-state index contributed by atoms with van der Waals surface area (Å²) in [7, 11) is 2.30. The topological polar surface area (TPSA) is 41.3 Å². The van der Waals surface area contributed by atoms with Gasteiger partial charge in [0, 0.05) is 24.2 Å². The monoisotopic (exact) mass is 281 g/mol. The Bertz CT molecular complexity index is 291. The maximum Gasteiger partial charge on any atom is 0.0333 e. The van der Waals surface area contributed by atoms with Gasteiger partial charge in [-0.15, -0.1) is 0 Å². The smallest absolute Gasteiger partial charge is 0.0333 e. The largest absolute Gasteiger partial charge is 0.329 e. The molecule has 0 radical (unpaired) electrons. The summed E-state index contributed by atoms with van der Waals surface area (Å²) in [4.78, 5) is 2.60. The highest BCUT2D eigenvalue weighted by Crippen LogP contribution is 2.39. The Morgan fingerprint density at radius 2 is 1.60 bits per heavy atom. The Kier molecular flexibility index (Phi) is 5.14. The molecule has 3 heteroatoms. The summed E-state index contributed by atoms with van der Waals surface area (Å²) >= 11 is 0. The Morgan fingerprint density at radius 3 is 2.00 bits per heavy atom. The van der Waals surface area contributed by atoms with E-state index in [0.717, 1.165) is 42.9 Å². The van der Waals surface area contributed by atoms with Crippen molar-refractivity contribution < 1.29 is 0 Å². The summed E-state index contributed by atoms with van der Waals surface area (Å²) in [5.74, 6) is 2.22. The zero-order chi connectivity index (χ0) is 14.9. The third-order valence-corrected chi connectivity index (χ3v) is 6.05. The molecule has 2 unspecified atom stereocenters. The van der Waals surface area contributed by atoms with Gasteiger partial charge in [-0.2, -0.15) is 0 Å².